The average Bonchev–Trinajstić information content (AvgIpc) is 2.77. The zero-order valence-corrected chi connectivity index (χ0v) is 17.3. The van der Waals surface area contributed by atoms with E-state index in [9.17, 15) is 14.9 Å². The number of hydrogen-bond donors (Lipinski definition) is 1. The lowest BCUT2D eigenvalue weighted by Gasteiger charge is -2.08. The van der Waals surface area contributed by atoms with Crippen molar-refractivity contribution in [1.29, 1.82) is 0 Å². The zero-order chi connectivity index (χ0) is 22.2. The Morgan fingerprint density at radius 1 is 1.10 bits per heavy atom. The molecule has 0 radical (unpaired) electrons. The summed E-state index contributed by atoms with van der Waals surface area (Å²) in [7, 11) is 0. The van der Waals surface area contributed by atoms with Crippen LogP contribution in [0.2, 0.25) is 5.02 Å². The monoisotopic (exact) mass is 442 g/mol. The third-order valence-corrected chi connectivity index (χ3v) is 4.46. The van der Waals surface area contributed by atoms with Gasteiger partial charge in [0.2, 0.25) is 5.88 Å². The summed E-state index contributed by atoms with van der Waals surface area (Å²) >= 11 is 5.94. The number of ether oxygens (including phenoxy) is 2. The second kappa shape index (κ2) is 10.4. The maximum atomic E-state index is 12.2. The molecule has 0 saturated carbocycles. The minimum Gasteiger partial charge on any atom is -0.494 e. The highest BCUT2D eigenvalue weighted by Crippen LogP contribution is 2.23. The molecule has 1 amide bonds. The first-order valence-electron chi connectivity index (χ1n) is 9.40. The van der Waals surface area contributed by atoms with Crippen molar-refractivity contribution >= 4 is 23.2 Å². The third kappa shape index (κ3) is 5.89. The number of amides is 1. The largest absolute Gasteiger partial charge is 0.494 e. The fourth-order valence-corrected chi connectivity index (χ4v) is 2.92. The first-order valence-corrected chi connectivity index (χ1v) is 9.77. The minimum atomic E-state index is -0.580. The van der Waals surface area contributed by atoms with Crippen LogP contribution in [-0.2, 0) is 0 Å². The van der Waals surface area contributed by atoms with Gasteiger partial charge in [-0.05, 0) is 43.3 Å². The van der Waals surface area contributed by atoms with Gasteiger partial charge < -0.3 is 14.8 Å². The number of nitrogens with one attached hydrogen (secondary N) is 1. The fraction of sp³-hybridized carbons (Fsp3) is 0.190. The number of halogens is 1. The molecule has 160 valence electrons. The molecule has 3 rings (SSSR count). The van der Waals surface area contributed by atoms with Gasteiger partial charge in [0.25, 0.3) is 11.6 Å². The second-order valence-corrected chi connectivity index (χ2v) is 6.65. The van der Waals surface area contributed by atoms with E-state index in [1.165, 1.54) is 12.1 Å². The van der Waals surface area contributed by atoms with Crippen LogP contribution in [0.4, 0.5) is 5.69 Å². The van der Waals surface area contributed by atoms with E-state index in [1.807, 2.05) is 31.2 Å². The van der Waals surface area contributed by atoms with E-state index in [0.29, 0.717) is 18.2 Å². The van der Waals surface area contributed by atoms with Gasteiger partial charge in [-0.25, -0.2) is 0 Å². The molecule has 0 bridgehead atoms. The molecule has 10 heteroatoms. The summed E-state index contributed by atoms with van der Waals surface area (Å²) in [6.45, 7) is 2.88. The van der Waals surface area contributed by atoms with Crippen molar-refractivity contribution in [2.45, 2.75) is 6.92 Å². The summed E-state index contributed by atoms with van der Waals surface area (Å²) < 4.78 is 10.9. The molecule has 0 atom stereocenters. The van der Waals surface area contributed by atoms with Crippen LogP contribution in [0.25, 0.3) is 11.3 Å². The lowest BCUT2D eigenvalue weighted by molar-refractivity contribution is -0.384. The van der Waals surface area contributed by atoms with Crippen LogP contribution in [0.5, 0.6) is 11.6 Å². The summed E-state index contributed by atoms with van der Waals surface area (Å²) in [6.07, 6.45) is 0. The number of nitro groups is 1. The van der Waals surface area contributed by atoms with Crippen LogP contribution < -0.4 is 14.8 Å². The Morgan fingerprint density at radius 3 is 2.48 bits per heavy atom. The van der Waals surface area contributed by atoms with Gasteiger partial charge in [-0.1, -0.05) is 11.6 Å². The van der Waals surface area contributed by atoms with Gasteiger partial charge in [0.1, 0.15) is 12.4 Å². The van der Waals surface area contributed by atoms with E-state index in [2.05, 4.69) is 15.5 Å². The maximum absolute atomic E-state index is 12.2. The molecule has 0 fully saturated rings. The van der Waals surface area contributed by atoms with Crippen LogP contribution in [0.3, 0.4) is 0 Å². The Labute approximate surface area is 183 Å². The Morgan fingerprint density at radius 2 is 1.87 bits per heavy atom. The summed E-state index contributed by atoms with van der Waals surface area (Å²) in [5.74, 6) is 0.647. The van der Waals surface area contributed by atoms with E-state index in [0.717, 1.165) is 17.4 Å². The summed E-state index contributed by atoms with van der Waals surface area (Å²) in [6, 6.07) is 14.7. The summed E-state index contributed by atoms with van der Waals surface area (Å²) in [5, 5.41) is 21.5. The van der Waals surface area contributed by atoms with Gasteiger partial charge in [0.15, 0.2) is 0 Å². The molecular formula is C21H19ClN4O5. The highest BCUT2D eigenvalue weighted by Gasteiger charge is 2.14. The Kier molecular flexibility index (Phi) is 7.34. The molecule has 1 aromatic heterocycles. The highest BCUT2D eigenvalue weighted by atomic mass is 35.5. The number of nitro benzene ring substituents is 1. The standard InChI is InChI=1S/C21H19ClN4O5/c1-2-30-16-6-3-14(4-7-16)19-9-10-20(25-24-19)31-12-11-23-21(27)17-8-5-15(26(28)29)13-18(17)22/h3-10,13H,2,11-12H2,1H3,(H,23,27). The number of carbonyl (C=O) groups excluding carboxylic acids is 1. The first-order chi connectivity index (χ1) is 15.0. The Balaban J connectivity index is 1.48. The molecule has 0 unspecified atom stereocenters. The number of rotatable bonds is 9. The highest BCUT2D eigenvalue weighted by molar-refractivity contribution is 6.34. The lowest BCUT2D eigenvalue weighted by atomic mass is 10.1. The predicted molar refractivity (Wildman–Crippen MR) is 115 cm³/mol. The fourth-order valence-electron chi connectivity index (χ4n) is 2.66. The Hall–Kier alpha value is -3.72. The van der Waals surface area contributed by atoms with Crippen LogP contribution in [-0.4, -0.2) is 40.8 Å². The van der Waals surface area contributed by atoms with Crippen molar-refractivity contribution < 1.29 is 19.2 Å². The lowest BCUT2D eigenvalue weighted by Crippen LogP contribution is -2.28. The zero-order valence-electron chi connectivity index (χ0n) is 16.6. The molecule has 0 spiro atoms. The number of nitrogens with zero attached hydrogens (tertiary/aromatic N) is 3. The summed E-state index contributed by atoms with van der Waals surface area (Å²) in [4.78, 5) is 22.3. The van der Waals surface area contributed by atoms with Gasteiger partial charge >= 0.3 is 0 Å². The van der Waals surface area contributed by atoms with Crippen molar-refractivity contribution in [2.75, 3.05) is 19.8 Å². The van der Waals surface area contributed by atoms with Crippen LogP contribution >= 0.6 is 11.6 Å². The van der Waals surface area contributed by atoms with Crippen molar-refractivity contribution in [3.05, 3.63) is 75.3 Å². The van der Waals surface area contributed by atoms with Gasteiger partial charge in [-0.2, -0.15) is 0 Å². The second-order valence-electron chi connectivity index (χ2n) is 6.24. The smallest absolute Gasteiger partial charge is 0.270 e. The van der Waals surface area contributed by atoms with Crippen molar-refractivity contribution in [3.63, 3.8) is 0 Å². The number of aromatic nitrogens is 2. The minimum absolute atomic E-state index is 0.00311. The topological polar surface area (TPSA) is 116 Å². The molecule has 1 N–H and O–H groups in total. The van der Waals surface area contributed by atoms with Gasteiger partial charge in [0, 0.05) is 23.8 Å². The molecule has 31 heavy (non-hydrogen) atoms. The quantitative estimate of drug-likeness (QED) is 0.303. The first kappa shape index (κ1) is 22.0. The number of non-ortho nitro benzene ring substituents is 1. The third-order valence-electron chi connectivity index (χ3n) is 4.15. The van der Waals surface area contributed by atoms with Gasteiger partial charge in [0.05, 0.1) is 34.4 Å². The molecule has 2 aromatic carbocycles. The van der Waals surface area contributed by atoms with E-state index in [-0.39, 0.29) is 29.4 Å². The molecule has 0 aliphatic rings. The van der Waals surface area contributed by atoms with Gasteiger partial charge in [-0.15, -0.1) is 10.2 Å². The molecule has 1 heterocycles. The van der Waals surface area contributed by atoms with Crippen LogP contribution in [0.1, 0.15) is 17.3 Å². The van der Waals surface area contributed by atoms with E-state index < -0.39 is 10.8 Å². The molecule has 0 aliphatic carbocycles. The normalized spacial score (nSPS) is 10.4. The van der Waals surface area contributed by atoms with Crippen molar-refractivity contribution in [3.8, 4) is 22.9 Å². The predicted octanol–water partition coefficient (Wildman–Crippen LogP) is 3.91. The molecule has 0 saturated heterocycles. The Bertz CT molecular complexity index is 1060. The number of carbonyl (C=O) groups is 1. The van der Waals surface area contributed by atoms with E-state index in [1.54, 1.807) is 12.1 Å². The molecule has 0 aliphatic heterocycles. The van der Waals surface area contributed by atoms with E-state index in [4.69, 9.17) is 21.1 Å². The van der Waals surface area contributed by atoms with Crippen LogP contribution in [0, 0.1) is 10.1 Å². The molecule has 9 nitrogen and oxygen atoms in total. The van der Waals surface area contributed by atoms with E-state index >= 15 is 0 Å². The van der Waals surface area contributed by atoms with Crippen LogP contribution in [0.15, 0.2) is 54.6 Å². The van der Waals surface area contributed by atoms with Crippen molar-refractivity contribution in [1.82, 2.24) is 15.5 Å². The number of hydrogen-bond acceptors (Lipinski definition) is 7. The molecule has 3 aromatic rings. The number of benzene rings is 2. The maximum Gasteiger partial charge on any atom is 0.270 e. The average molecular weight is 443 g/mol. The SMILES string of the molecule is CCOc1ccc(-c2ccc(OCCNC(=O)c3ccc([N+](=O)[O-])cc3Cl)nn2)cc1. The van der Waals surface area contributed by atoms with Gasteiger partial charge in [-0.3, -0.25) is 14.9 Å². The summed E-state index contributed by atoms with van der Waals surface area (Å²) in [5.41, 5.74) is 1.55. The van der Waals surface area contributed by atoms with Crippen molar-refractivity contribution in [2.24, 2.45) is 0 Å². The molecular weight excluding hydrogens is 424 g/mol.